The first-order chi connectivity index (χ1) is 14.0. The van der Waals surface area contributed by atoms with E-state index in [2.05, 4.69) is 16.7 Å². The predicted molar refractivity (Wildman–Crippen MR) is 118 cm³/mol. The molecule has 0 spiro atoms. The zero-order valence-corrected chi connectivity index (χ0v) is 17.4. The highest BCUT2D eigenvalue weighted by atomic mass is 35.5. The maximum absolute atomic E-state index is 10.9. The van der Waals surface area contributed by atoms with E-state index in [0.29, 0.717) is 17.9 Å². The summed E-state index contributed by atoms with van der Waals surface area (Å²) < 4.78 is 0. The number of carbonyl (C=O) groups is 1. The first-order valence-electron chi connectivity index (χ1n) is 9.75. The van der Waals surface area contributed by atoms with Crippen molar-refractivity contribution in [3.63, 3.8) is 0 Å². The van der Waals surface area contributed by atoms with Crippen LogP contribution >= 0.6 is 12.4 Å². The minimum atomic E-state index is -1.00. The summed E-state index contributed by atoms with van der Waals surface area (Å²) >= 11 is 0. The number of halogens is 1. The van der Waals surface area contributed by atoms with Gasteiger partial charge < -0.3 is 20.8 Å². The number of nitrogens with zero attached hydrogens (tertiary/aromatic N) is 2. The summed E-state index contributed by atoms with van der Waals surface area (Å²) in [7, 11) is 0. The molecule has 1 amide bonds. The Hall–Kier alpha value is -2.90. The van der Waals surface area contributed by atoms with Crippen molar-refractivity contribution < 1.29 is 15.0 Å². The Bertz CT molecular complexity index is 1060. The molecule has 3 aromatic rings. The van der Waals surface area contributed by atoms with Crippen molar-refractivity contribution in [2.45, 2.75) is 19.3 Å². The molecule has 0 radical (unpaired) electrons. The van der Waals surface area contributed by atoms with Gasteiger partial charge in [0.15, 0.2) is 5.82 Å². The fourth-order valence-corrected chi connectivity index (χ4v) is 3.98. The van der Waals surface area contributed by atoms with Crippen molar-refractivity contribution in [1.29, 1.82) is 0 Å². The topological polar surface area (TPSA) is 107 Å². The van der Waals surface area contributed by atoms with E-state index in [9.17, 15) is 9.90 Å². The average molecular weight is 429 g/mol. The molecule has 0 saturated carbocycles. The van der Waals surface area contributed by atoms with E-state index in [1.807, 2.05) is 31.2 Å². The van der Waals surface area contributed by atoms with E-state index >= 15 is 0 Å². The van der Waals surface area contributed by atoms with Crippen molar-refractivity contribution in [3.8, 4) is 17.1 Å². The number of fused-ring (bicyclic) bond motifs is 1. The summed E-state index contributed by atoms with van der Waals surface area (Å²) in [6.07, 6.45) is -0.176. The Morgan fingerprint density at radius 1 is 1.20 bits per heavy atom. The molecule has 2 heterocycles. The van der Waals surface area contributed by atoms with Gasteiger partial charge in [-0.3, -0.25) is 0 Å². The van der Waals surface area contributed by atoms with E-state index in [1.54, 1.807) is 12.1 Å². The number of para-hydroxylation sites is 1. The summed E-state index contributed by atoms with van der Waals surface area (Å²) in [5, 5.41) is 26.1. The van der Waals surface area contributed by atoms with E-state index in [4.69, 9.17) is 15.1 Å². The summed E-state index contributed by atoms with van der Waals surface area (Å²) in [6, 6.07) is 13.2. The van der Waals surface area contributed by atoms with Crippen molar-refractivity contribution in [2.24, 2.45) is 5.92 Å². The number of nitrogens with one attached hydrogen (secondary N) is 2. The standard InChI is InChI=1S/C22H24N4O3.ClH/c1-13-6-7-16-18(8-13)25-21(17-4-2-3-5-19(17)27)26-20(16)15-9-14(10-23-12-15)11-24-22(28)29;/h2-8,14-15,23-24,27H,9-12H2,1H3,(H,28,29);1H. The van der Waals surface area contributed by atoms with Crippen molar-refractivity contribution >= 4 is 29.4 Å². The highest BCUT2D eigenvalue weighted by Gasteiger charge is 2.27. The van der Waals surface area contributed by atoms with E-state index in [0.717, 1.165) is 41.7 Å². The van der Waals surface area contributed by atoms with Crippen LogP contribution in [0.1, 0.15) is 23.6 Å². The van der Waals surface area contributed by atoms with Crippen LogP contribution in [0.2, 0.25) is 0 Å². The SMILES string of the molecule is Cc1ccc2c(C3CNCC(CNC(=O)O)C3)nc(-c3ccccc3O)nc2c1.Cl. The van der Waals surface area contributed by atoms with Gasteiger partial charge in [-0.1, -0.05) is 24.3 Å². The molecule has 4 N–H and O–H groups in total. The Kier molecular flexibility index (Phi) is 6.74. The zero-order valence-electron chi connectivity index (χ0n) is 16.6. The number of benzene rings is 2. The summed E-state index contributed by atoms with van der Waals surface area (Å²) in [6.45, 7) is 3.97. The lowest BCUT2D eigenvalue weighted by atomic mass is 9.86. The van der Waals surface area contributed by atoms with Crippen LogP contribution in [-0.2, 0) is 0 Å². The first-order valence-corrected chi connectivity index (χ1v) is 9.75. The lowest BCUT2D eigenvalue weighted by Crippen LogP contribution is -2.41. The highest BCUT2D eigenvalue weighted by molar-refractivity contribution is 5.85. The van der Waals surface area contributed by atoms with Gasteiger partial charge in [-0.15, -0.1) is 12.4 Å². The molecule has 0 aliphatic carbocycles. The van der Waals surface area contributed by atoms with Crippen LogP contribution in [0.3, 0.4) is 0 Å². The molecule has 2 unspecified atom stereocenters. The largest absolute Gasteiger partial charge is 0.507 e. The van der Waals surface area contributed by atoms with Gasteiger partial charge in [-0.05, 0) is 49.6 Å². The summed E-state index contributed by atoms with van der Waals surface area (Å²) in [5.41, 5.74) is 3.49. The van der Waals surface area contributed by atoms with Crippen LogP contribution in [0.5, 0.6) is 5.75 Å². The fourth-order valence-electron chi connectivity index (χ4n) is 3.98. The van der Waals surface area contributed by atoms with Crippen LogP contribution in [0.15, 0.2) is 42.5 Å². The highest BCUT2D eigenvalue weighted by Crippen LogP contribution is 2.34. The van der Waals surface area contributed by atoms with E-state index in [1.165, 1.54) is 0 Å². The maximum atomic E-state index is 10.9. The zero-order chi connectivity index (χ0) is 20.4. The number of carboxylic acid groups (broad SMARTS) is 1. The van der Waals surface area contributed by atoms with Gasteiger partial charge in [0.05, 0.1) is 16.8 Å². The van der Waals surface area contributed by atoms with Crippen LogP contribution in [0, 0.1) is 12.8 Å². The second-order valence-corrected chi connectivity index (χ2v) is 7.61. The molecule has 1 aliphatic rings. The van der Waals surface area contributed by atoms with Crippen molar-refractivity contribution in [2.75, 3.05) is 19.6 Å². The normalized spacial score (nSPS) is 18.6. The smallest absolute Gasteiger partial charge is 0.404 e. The second kappa shape index (κ2) is 9.28. The van der Waals surface area contributed by atoms with Crippen molar-refractivity contribution in [1.82, 2.24) is 20.6 Å². The lowest BCUT2D eigenvalue weighted by molar-refractivity contribution is 0.190. The van der Waals surface area contributed by atoms with Crippen molar-refractivity contribution in [3.05, 3.63) is 53.7 Å². The number of amides is 1. The summed E-state index contributed by atoms with van der Waals surface area (Å²) in [4.78, 5) is 20.4. The average Bonchev–Trinajstić information content (AvgIpc) is 2.72. The number of hydrogen-bond donors (Lipinski definition) is 4. The molecule has 7 nitrogen and oxygen atoms in total. The molecule has 2 aromatic carbocycles. The molecule has 30 heavy (non-hydrogen) atoms. The molecule has 158 valence electrons. The monoisotopic (exact) mass is 428 g/mol. The van der Waals surface area contributed by atoms with Crippen LogP contribution in [-0.4, -0.2) is 45.9 Å². The second-order valence-electron chi connectivity index (χ2n) is 7.61. The molecule has 0 bridgehead atoms. The molecule has 1 fully saturated rings. The van der Waals surface area contributed by atoms with Gasteiger partial charge in [-0.25, -0.2) is 14.8 Å². The number of aromatic hydroxyl groups is 1. The van der Waals surface area contributed by atoms with Gasteiger partial charge in [-0.2, -0.15) is 0 Å². The Labute approximate surface area is 181 Å². The van der Waals surface area contributed by atoms with E-state index in [-0.39, 0.29) is 30.0 Å². The Balaban J connectivity index is 0.00000256. The Morgan fingerprint density at radius 2 is 2.00 bits per heavy atom. The molecule has 2 atom stereocenters. The van der Waals surface area contributed by atoms with Gasteiger partial charge in [0.1, 0.15) is 5.75 Å². The third-order valence-electron chi connectivity index (χ3n) is 5.40. The number of phenolic OH excluding ortho intramolecular Hbond substituents is 1. The first kappa shape index (κ1) is 21.8. The molecule has 1 aromatic heterocycles. The van der Waals surface area contributed by atoms with E-state index < -0.39 is 6.09 Å². The van der Waals surface area contributed by atoms with Gasteiger partial charge in [0.2, 0.25) is 0 Å². The molecular formula is C22H25ClN4O3. The quantitative estimate of drug-likeness (QED) is 0.504. The summed E-state index contributed by atoms with van der Waals surface area (Å²) in [5.74, 6) is 0.966. The number of aromatic nitrogens is 2. The molecule has 8 heteroatoms. The third kappa shape index (κ3) is 4.63. The van der Waals surface area contributed by atoms with Crippen LogP contribution in [0.25, 0.3) is 22.3 Å². The number of phenols is 1. The molecular weight excluding hydrogens is 404 g/mol. The number of hydrogen-bond acceptors (Lipinski definition) is 5. The molecule has 1 aliphatic heterocycles. The van der Waals surface area contributed by atoms with Gasteiger partial charge in [0, 0.05) is 24.4 Å². The fraction of sp³-hybridized carbons (Fsp3) is 0.318. The van der Waals surface area contributed by atoms with Crippen LogP contribution < -0.4 is 10.6 Å². The van der Waals surface area contributed by atoms with Gasteiger partial charge >= 0.3 is 6.09 Å². The maximum Gasteiger partial charge on any atom is 0.404 e. The minimum absolute atomic E-state index is 0. The van der Waals surface area contributed by atoms with Gasteiger partial charge in [0.25, 0.3) is 0 Å². The van der Waals surface area contributed by atoms with Crippen LogP contribution in [0.4, 0.5) is 4.79 Å². The predicted octanol–water partition coefficient (Wildman–Crippen LogP) is 3.69. The molecule has 4 rings (SSSR count). The number of rotatable bonds is 4. The Morgan fingerprint density at radius 3 is 2.77 bits per heavy atom. The number of piperidine rings is 1. The number of aryl methyl sites for hydroxylation is 1. The molecule has 1 saturated heterocycles. The third-order valence-corrected chi connectivity index (χ3v) is 5.40. The lowest BCUT2D eigenvalue weighted by Gasteiger charge is -2.30. The minimum Gasteiger partial charge on any atom is -0.507 e.